The summed E-state index contributed by atoms with van der Waals surface area (Å²) in [6, 6.07) is 59.6. The fraction of sp³-hybridized carbons (Fsp3) is 0.197. The van der Waals surface area contributed by atoms with Crippen molar-refractivity contribution in [2.75, 3.05) is 0 Å². The lowest BCUT2D eigenvalue weighted by molar-refractivity contribution is -0.571. The lowest BCUT2D eigenvalue weighted by Crippen LogP contribution is -2.31. The number of para-hydroxylation sites is 4. The molecular formula is C61H55N5O. The molecule has 6 heteroatoms. The van der Waals surface area contributed by atoms with Gasteiger partial charge in [0.25, 0.3) is 6.33 Å². The number of pyridine rings is 1. The van der Waals surface area contributed by atoms with Crippen molar-refractivity contribution < 1.29 is 9.30 Å². The molecule has 0 N–H and O–H groups in total. The minimum atomic E-state index is -0.0727. The number of rotatable bonds is 7. The molecule has 0 amide bonds. The summed E-state index contributed by atoms with van der Waals surface area (Å²) in [5, 5.41) is 12.3. The zero-order valence-electron chi connectivity index (χ0n) is 39.8. The summed E-state index contributed by atoms with van der Waals surface area (Å²) in [5.41, 5.74) is 14.4. The molecule has 0 radical (unpaired) electrons. The van der Waals surface area contributed by atoms with E-state index in [1.165, 1.54) is 16.7 Å². The van der Waals surface area contributed by atoms with E-state index in [2.05, 4.69) is 222 Å². The van der Waals surface area contributed by atoms with Crippen LogP contribution in [0.4, 0.5) is 0 Å². The maximum atomic E-state index is 10.0. The van der Waals surface area contributed by atoms with Gasteiger partial charge in [0.1, 0.15) is 17.3 Å². The number of imidazole rings is 1. The standard InChI is InChI=1S/C61H55N5O/c1-59(2,3)43-29-30-63-57(35-43)66-53-24-11-10-21-51(53)52-28-27-48(37-56(52)66)67-47-20-15-19-46(36-47)64-39-65(55-26-13-12-25-54(55)64)58-49(41-18-14-17-40(31-41)38-62)22-16-23-50(58)42-32-44(60(4,5)6)34-45(33-42)61(7,8)9/h10-37H,1-9H3. The zero-order valence-corrected chi connectivity index (χ0v) is 39.8. The fourth-order valence-electron chi connectivity index (χ4n) is 9.16. The average molecular weight is 874 g/mol. The van der Waals surface area contributed by atoms with Gasteiger partial charge < -0.3 is 4.74 Å². The quantitative estimate of drug-likeness (QED) is 0.118. The Morgan fingerprint density at radius 1 is 0.537 bits per heavy atom. The van der Waals surface area contributed by atoms with Gasteiger partial charge in [0.2, 0.25) is 0 Å². The second kappa shape index (κ2) is 16.3. The summed E-state index contributed by atoms with van der Waals surface area (Å²) >= 11 is 0. The van der Waals surface area contributed by atoms with E-state index in [1.54, 1.807) is 0 Å². The van der Waals surface area contributed by atoms with E-state index in [1.807, 2.05) is 36.5 Å². The van der Waals surface area contributed by atoms with Crippen molar-refractivity contribution in [3.8, 4) is 57.0 Å². The Morgan fingerprint density at radius 2 is 1.18 bits per heavy atom. The van der Waals surface area contributed by atoms with Crippen molar-refractivity contribution in [2.24, 2.45) is 0 Å². The first kappa shape index (κ1) is 43.2. The average Bonchev–Trinajstić information content (AvgIpc) is 3.86. The highest BCUT2D eigenvalue weighted by atomic mass is 16.5. The summed E-state index contributed by atoms with van der Waals surface area (Å²) in [4.78, 5) is 4.88. The topological polar surface area (TPSA) is 59.6 Å². The second-order valence-corrected chi connectivity index (χ2v) is 20.7. The molecule has 0 unspecified atom stereocenters. The molecule has 0 aliphatic rings. The van der Waals surface area contributed by atoms with Crippen LogP contribution in [0, 0.1) is 17.7 Å². The minimum absolute atomic E-state index is 0.0264. The first-order chi connectivity index (χ1) is 32.0. The number of fused-ring (bicyclic) bond motifs is 4. The van der Waals surface area contributed by atoms with Gasteiger partial charge >= 0.3 is 0 Å². The number of nitriles is 1. The number of aromatic nitrogens is 4. The number of nitrogens with zero attached hydrogens (tertiary/aromatic N) is 5. The maximum Gasteiger partial charge on any atom is 0.269 e. The first-order valence-corrected chi connectivity index (χ1v) is 23.1. The van der Waals surface area contributed by atoms with Gasteiger partial charge in [0, 0.05) is 23.0 Å². The predicted octanol–water partition coefficient (Wildman–Crippen LogP) is 15.1. The van der Waals surface area contributed by atoms with Crippen LogP contribution < -0.4 is 9.30 Å². The van der Waals surface area contributed by atoms with Crippen LogP contribution in [0.25, 0.3) is 72.3 Å². The van der Waals surface area contributed by atoms with E-state index in [-0.39, 0.29) is 16.2 Å². The van der Waals surface area contributed by atoms with Crippen molar-refractivity contribution in [3.63, 3.8) is 0 Å². The summed E-state index contributed by atoms with van der Waals surface area (Å²) in [6.07, 6.45) is 5.74. The van der Waals surface area contributed by atoms with Crippen LogP contribution in [0.1, 0.15) is 84.6 Å². The number of ether oxygens (including phenoxy) is 1. The van der Waals surface area contributed by atoms with E-state index in [0.717, 1.165) is 78.0 Å². The predicted molar refractivity (Wildman–Crippen MR) is 274 cm³/mol. The van der Waals surface area contributed by atoms with E-state index < -0.39 is 0 Å². The highest BCUT2D eigenvalue weighted by molar-refractivity contribution is 6.09. The van der Waals surface area contributed by atoms with E-state index in [4.69, 9.17) is 9.72 Å². The van der Waals surface area contributed by atoms with Crippen LogP contribution >= 0.6 is 0 Å². The SMILES string of the molecule is CC(C)(C)c1cc(-c2cccc(-c3cccc(C#N)c3)c2-[n+]2[c-]n(-c3cccc(Oc4ccc5c6ccccc6n(-c6cc(C(C)(C)C)ccn6)c5c4)c3)c3ccccc32)cc(C(C)(C)C)c1. The van der Waals surface area contributed by atoms with Crippen molar-refractivity contribution >= 4 is 32.8 Å². The molecule has 0 spiro atoms. The third kappa shape index (κ3) is 8.06. The third-order valence-corrected chi connectivity index (χ3v) is 12.9. The maximum absolute atomic E-state index is 10.0. The molecule has 3 aromatic heterocycles. The number of hydrogen-bond acceptors (Lipinski definition) is 3. The first-order valence-electron chi connectivity index (χ1n) is 23.1. The van der Waals surface area contributed by atoms with Crippen molar-refractivity contribution in [1.82, 2.24) is 14.1 Å². The highest BCUT2D eigenvalue weighted by Gasteiger charge is 2.25. The van der Waals surface area contributed by atoms with Crippen LogP contribution in [0.3, 0.4) is 0 Å². The monoisotopic (exact) mass is 873 g/mol. The zero-order chi connectivity index (χ0) is 46.8. The molecule has 10 rings (SSSR count). The molecule has 7 aromatic carbocycles. The Bertz CT molecular complexity index is 3550. The summed E-state index contributed by atoms with van der Waals surface area (Å²) < 4.78 is 13.3. The van der Waals surface area contributed by atoms with E-state index >= 15 is 0 Å². The van der Waals surface area contributed by atoms with Gasteiger partial charge in [-0.3, -0.25) is 13.7 Å². The van der Waals surface area contributed by atoms with Gasteiger partial charge in [-0.05, 0) is 116 Å². The largest absolute Gasteiger partial charge is 0.458 e. The van der Waals surface area contributed by atoms with Gasteiger partial charge in [-0.25, -0.2) is 4.98 Å². The molecule has 0 saturated heterocycles. The molecule has 0 atom stereocenters. The van der Waals surface area contributed by atoms with Gasteiger partial charge in [-0.2, -0.15) is 5.26 Å². The highest BCUT2D eigenvalue weighted by Crippen LogP contribution is 2.40. The molecule has 3 heterocycles. The molecular weight excluding hydrogens is 819 g/mol. The van der Waals surface area contributed by atoms with E-state index in [9.17, 15) is 5.26 Å². The van der Waals surface area contributed by atoms with E-state index in [0.29, 0.717) is 11.3 Å². The van der Waals surface area contributed by atoms with Crippen molar-refractivity contribution in [3.05, 3.63) is 199 Å². The van der Waals surface area contributed by atoms with Gasteiger partial charge in [-0.1, -0.05) is 159 Å². The smallest absolute Gasteiger partial charge is 0.269 e. The molecule has 330 valence electrons. The molecule has 0 saturated carbocycles. The van der Waals surface area contributed by atoms with Crippen LogP contribution in [0.15, 0.2) is 170 Å². The van der Waals surface area contributed by atoms with Crippen molar-refractivity contribution in [2.45, 2.75) is 78.6 Å². The van der Waals surface area contributed by atoms with Crippen LogP contribution in [-0.4, -0.2) is 14.1 Å². The molecule has 67 heavy (non-hydrogen) atoms. The summed E-state index contributed by atoms with van der Waals surface area (Å²) in [6.45, 7) is 20.4. The Balaban J connectivity index is 1.12. The lowest BCUT2D eigenvalue weighted by atomic mass is 9.78. The number of hydrogen-bond donors (Lipinski definition) is 0. The Morgan fingerprint density at radius 3 is 1.91 bits per heavy atom. The number of benzene rings is 7. The molecule has 0 fully saturated rings. The van der Waals surface area contributed by atoms with Gasteiger partial charge in [0.15, 0.2) is 0 Å². The second-order valence-electron chi connectivity index (χ2n) is 20.7. The lowest BCUT2D eigenvalue weighted by Gasteiger charge is -2.27. The fourth-order valence-corrected chi connectivity index (χ4v) is 9.16. The van der Waals surface area contributed by atoms with Crippen LogP contribution in [0.2, 0.25) is 0 Å². The molecule has 0 bridgehead atoms. The third-order valence-electron chi connectivity index (χ3n) is 12.9. The molecule has 0 aliphatic carbocycles. The molecule has 0 aliphatic heterocycles. The van der Waals surface area contributed by atoms with Crippen molar-refractivity contribution in [1.29, 1.82) is 5.26 Å². The Labute approximate surface area is 394 Å². The van der Waals surface area contributed by atoms with Gasteiger partial charge in [-0.15, -0.1) is 0 Å². The Kier molecular flexibility index (Phi) is 10.5. The van der Waals surface area contributed by atoms with Crippen LogP contribution in [-0.2, 0) is 16.2 Å². The normalized spacial score (nSPS) is 12.2. The minimum Gasteiger partial charge on any atom is -0.458 e. The summed E-state index contributed by atoms with van der Waals surface area (Å²) in [7, 11) is 0. The van der Waals surface area contributed by atoms with Crippen LogP contribution in [0.5, 0.6) is 11.5 Å². The van der Waals surface area contributed by atoms with Gasteiger partial charge in [0.05, 0.1) is 45.1 Å². The Hall–Kier alpha value is -7.75. The summed E-state index contributed by atoms with van der Waals surface area (Å²) in [5.74, 6) is 2.30. The molecule has 10 aromatic rings. The molecule has 6 nitrogen and oxygen atoms in total.